The van der Waals surface area contributed by atoms with Gasteiger partial charge in [0.05, 0.1) is 84.1 Å². The van der Waals surface area contributed by atoms with Gasteiger partial charge in [-0.25, -0.2) is 4.98 Å². The summed E-state index contributed by atoms with van der Waals surface area (Å²) in [5.41, 5.74) is 2.92. The number of rotatable bonds is 8. The van der Waals surface area contributed by atoms with Crippen LogP contribution in [0.5, 0.6) is 0 Å². The molecule has 3 aliphatic rings. The third-order valence-electron chi connectivity index (χ3n) is 10.8. The van der Waals surface area contributed by atoms with E-state index in [1.165, 1.54) is 7.11 Å². The highest BCUT2D eigenvalue weighted by molar-refractivity contribution is 6.70. The summed E-state index contributed by atoms with van der Waals surface area (Å²) in [5.74, 6) is 0.735. The molecule has 216 valence electrons. The van der Waals surface area contributed by atoms with Gasteiger partial charge in [0.1, 0.15) is 27.6 Å². The standard InChI is InChI=1S/C26H44B8N4O4/c1-22(2)10-15-16(11-35)21(36-20(14-4-5-14)17(15)12-42-22)37-8-9-38(18(39)6-7-19(40)41-3)23(27,13-37)24(28,25(29,30)31)26(32,33)34/h14H,4-10,12-13,27-34H2,1-3H3/t23-/m1/s1. The van der Waals surface area contributed by atoms with Gasteiger partial charge >= 0.3 is 5.97 Å². The smallest absolute Gasteiger partial charge is 0.306 e. The molecule has 1 amide bonds. The highest BCUT2D eigenvalue weighted by Gasteiger charge is 2.61. The molecule has 0 N–H and O–H groups in total. The summed E-state index contributed by atoms with van der Waals surface area (Å²) in [6, 6.07) is 2.55. The molecule has 1 aliphatic carbocycles. The van der Waals surface area contributed by atoms with E-state index in [4.69, 9.17) is 14.5 Å². The van der Waals surface area contributed by atoms with Crippen molar-refractivity contribution in [1.29, 1.82) is 5.26 Å². The Balaban J connectivity index is 1.86. The van der Waals surface area contributed by atoms with Gasteiger partial charge in [0.25, 0.3) is 0 Å². The van der Waals surface area contributed by atoms with Crippen LogP contribution in [-0.4, -0.2) is 122 Å². The minimum atomic E-state index is -0.638. The molecule has 2 fully saturated rings. The van der Waals surface area contributed by atoms with Crippen molar-refractivity contribution in [1.82, 2.24) is 9.88 Å². The number of pyridine rings is 1. The Kier molecular flexibility index (Phi) is 8.65. The molecule has 1 saturated heterocycles. The van der Waals surface area contributed by atoms with Crippen molar-refractivity contribution in [2.75, 3.05) is 31.6 Å². The quantitative estimate of drug-likeness (QED) is 0.232. The number of fused-ring (bicyclic) bond motifs is 1. The van der Waals surface area contributed by atoms with Gasteiger partial charge in [-0.15, -0.1) is 10.2 Å². The molecule has 0 unspecified atom stereocenters. The molecule has 0 aromatic carbocycles. The summed E-state index contributed by atoms with van der Waals surface area (Å²) >= 11 is 0. The lowest BCUT2D eigenvalue weighted by Gasteiger charge is -2.68. The molecule has 4 rings (SSSR count). The second-order valence-corrected chi connectivity index (χ2v) is 15.7. The lowest BCUT2D eigenvalue weighted by Crippen LogP contribution is -2.74. The predicted molar refractivity (Wildman–Crippen MR) is 188 cm³/mol. The Labute approximate surface area is 259 Å². The van der Waals surface area contributed by atoms with Crippen molar-refractivity contribution in [3.8, 4) is 6.07 Å². The molecule has 0 spiro atoms. The molecule has 1 atom stereocenters. The fourth-order valence-corrected chi connectivity index (χ4v) is 8.02. The van der Waals surface area contributed by atoms with Gasteiger partial charge in [0.15, 0.2) is 0 Å². The van der Waals surface area contributed by atoms with Crippen molar-refractivity contribution in [2.45, 2.75) is 85.1 Å². The summed E-state index contributed by atoms with van der Waals surface area (Å²) in [6.45, 7) is 6.24. The van der Waals surface area contributed by atoms with Crippen LogP contribution in [0.15, 0.2) is 0 Å². The molecular weight excluding hydrogens is 519 g/mol. The average Bonchev–Trinajstić information content (AvgIpc) is 3.73. The minimum Gasteiger partial charge on any atom is -0.469 e. The first-order valence-corrected chi connectivity index (χ1v) is 15.5. The molecule has 1 aromatic rings. The van der Waals surface area contributed by atoms with Gasteiger partial charge in [-0.2, -0.15) is 5.26 Å². The topological polar surface area (TPSA) is 95.8 Å². The SMILES string of the molecule is BC(B)(B)C(B)(C(B)(B)B)[C@@]1(B)CN(c2nc(C3CC3)c3c(c2C#N)CC(C)(C)OC3)CCN1C(=O)CCC(=O)OC. The van der Waals surface area contributed by atoms with Crippen LogP contribution in [0, 0.1) is 11.3 Å². The van der Waals surface area contributed by atoms with E-state index in [0.29, 0.717) is 44.1 Å². The number of hydrogen-bond donors (Lipinski definition) is 0. The number of amides is 1. The molecule has 0 radical (unpaired) electrons. The van der Waals surface area contributed by atoms with Gasteiger partial charge in [-0.3, -0.25) is 9.59 Å². The minimum absolute atomic E-state index is 0.0428. The molecule has 1 saturated carbocycles. The fraction of sp³-hybridized carbons (Fsp3) is 0.692. The van der Waals surface area contributed by atoms with Gasteiger partial charge < -0.3 is 19.3 Å². The molecule has 42 heavy (non-hydrogen) atoms. The molecule has 16 heteroatoms. The van der Waals surface area contributed by atoms with Crippen molar-refractivity contribution >= 4 is 80.5 Å². The maximum atomic E-state index is 13.9. The second kappa shape index (κ2) is 11.1. The van der Waals surface area contributed by atoms with Crippen LogP contribution in [0.4, 0.5) is 5.82 Å². The Morgan fingerprint density at radius 2 is 1.69 bits per heavy atom. The van der Waals surface area contributed by atoms with Crippen molar-refractivity contribution in [3.05, 3.63) is 22.4 Å². The van der Waals surface area contributed by atoms with E-state index in [0.717, 1.165) is 35.5 Å². The van der Waals surface area contributed by atoms with E-state index in [9.17, 15) is 14.9 Å². The van der Waals surface area contributed by atoms with E-state index in [2.05, 4.69) is 87.6 Å². The normalized spacial score (nSPS) is 22.6. The van der Waals surface area contributed by atoms with Crippen molar-refractivity contribution in [2.24, 2.45) is 0 Å². The third-order valence-corrected chi connectivity index (χ3v) is 10.8. The summed E-state index contributed by atoms with van der Waals surface area (Å²) in [5, 5.41) is 9.84. The van der Waals surface area contributed by atoms with E-state index < -0.39 is 5.44 Å². The molecule has 2 aliphatic heterocycles. The number of carbonyl (C=O) groups is 2. The van der Waals surface area contributed by atoms with Gasteiger partial charge in [0.2, 0.25) is 5.91 Å². The lowest BCUT2D eigenvalue weighted by atomic mass is 9.10. The Morgan fingerprint density at radius 1 is 1.07 bits per heavy atom. The molecule has 1 aromatic heterocycles. The number of aromatic nitrogens is 1. The molecule has 3 heterocycles. The second-order valence-electron chi connectivity index (χ2n) is 15.7. The average molecular weight is 563 g/mol. The van der Waals surface area contributed by atoms with Crippen LogP contribution < -0.4 is 4.90 Å². The Hall–Kier alpha value is -2.14. The Morgan fingerprint density at radius 3 is 2.21 bits per heavy atom. The maximum absolute atomic E-state index is 13.9. The predicted octanol–water partition coefficient (Wildman–Crippen LogP) is -4.65. The van der Waals surface area contributed by atoms with Crippen LogP contribution in [-0.2, 0) is 32.1 Å². The highest BCUT2D eigenvalue weighted by atomic mass is 16.5. The number of nitrogens with zero attached hydrogens (tertiary/aromatic N) is 4. The maximum Gasteiger partial charge on any atom is 0.306 e. The van der Waals surface area contributed by atoms with Crippen LogP contribution in [0.25, 0.3) is 0 Å². The van der Waals surface area contributed by atoms with Crippen LogP contribution in [0.2, 0.25) is 15.5 Å². The number of carbonyl (C=O) groups excluding carboxylic acids is 2. The monoisotopic (exact) mass is 564 g/mol. The van der Waals surface area contributed by atoms with Gasteiger partial charge in [0, 0.05) is 49.4 Å². The number of anilines is 1. The fourth-order valence-electron chi connectivity index (χ4n) is 8.02. The number of ether oxygens (including phenoxy) is 2. The lowest BCUT2D eigenvalue weighted by molar-refractivity contribution is -0.145. The first-order chi connectivity index (χ1) is 19.3. The van der Waals surface area contributed by atoms with Crippen molar-refractivity contribution < 1.29 is 19.1 Å². The largest absolute Gasteiger partial charge is 0.469 e. The highest BCUT2D eigenvalue weighted by Crippen LogP contribution is 2.63. The zero-order valence-corrected chi connectivity index (χ0v) is 27.9. The van der Waals surface area contributed by atoms with Crippen molar-refractivity contribution in [3.63, 3.8) is 0 Å². The molecule has 0 bridgehead atoms. The van der Waals surface area contributed by atoms with Crippen LogP contribution >= 0.6 is 0 Å². The molecule has 8 nitrogen and oxygen atoms in total. The summed E-state index contributed by atoms with van der Waals surface area (Å²) < 4.78 is 11.0. The first-order valence-electron chi connectivity index (χ1n) is 15.5. The Bertz CT molecular complexity index is 1290. The van der Waals surface area contributed by atoms with E-state index in [1.54, 1.807) is 0 Å². The number of methoxy groups -OCH3 is 1. The number of nitriles is 1. The van der Waals surface area contributed by atoms with Crippen LogP contribution in [0.1, 0.15) is 67.8 Å². The summed E-state index contributed by atoms with van der Waals surface area (Å²) in [4.78, 5) is 35.5. The first kappa shape index (κ1) is 32.8. The number of hydrogen-bond acceptors (Lipinski definition) is 7. The summed E-state index contributed by atoms with van der Waals surface area (Å²) in [6.07, 6.45) is 3.06. The number of piperazine rings is 1. The van der Waals surface area contributed by atoms with Gasteiger partial charge in [-0.1, -0.05) is 5.31 Å². The third kappa shape index (κ3) is 5.60. The zero-order valence-electron chi connectivity index (χ0n) is 27.9. The zero-order chi connectivity index (χ0) is 31.5. The van der Waals surface area contributed by atoms with E-state index in [1.807, 2.05) is 4.90 Å². The van der Waals surface area contributed by atoms with Gasteiger partial charge in [-0.05, 0) is 32.3 Å². The van der Waals surface area contributed by atoms with E-state index >= 15 is 0 Å². The van der Waals surface area contributed by atoms with E-state index in [-0.39, 0.29) is 45.9 Å². The summed E-state index contributed by atoms with van der Waals surface area (Å²) in [7, 11) is 19.4. The van der Waals surface area contributed by atoms with Crippen LogP contribution in [0.3, 0.4) is 0 Å². The number of esters is 1. The molecular formula is C26H44B8N4O4.